The summed E-state index contributed by atoms with van der Waals surface area (Å²) in [5, 5.41) is 31.6. The van der Waals surface area contributed by atoms with E-state index in [1.807, 2.05) is 54.6 Å². The van der Waals surface area contributed by atoms with E-state index in [-0.39, 0.29) is 46.1 Å². The molecular formula is C36H23Cl2N5O7. The van der Waals surface area contributed by atoms with E-state index in [0.717, 1.165) is 16.5 Å². The largest absolute Gasteiger partial charge is 0.507 e. The van der Waals surface area contributed by atoms with Crippen LogP contribution >= 0.6 is 23.2 Å². The summed E-state index contributed by atoms with van der Waals surface area (Å²) in [6.45, 7) is 0. The van der Waals surface area contributed by atoms with Crippen molar-refractivity contribution in [3.63, 3.8) is 0 Å². The van der Waals surface area contributed by atoms with Crippen LogP contribution in [0.4, 0.5) is 11.7 Å². The Morgan fingerprint density at radius 3 is 2.38 bits per heavy atom. The third-order valence-electron chi connectivity index (χ3n) is 7.27. The molecule has 50 heavy (non-hydrogen) atoms. The van der Waals surface area contributed by atoms with Gasteiger partial charge in [0.25, 0.3) is 17.5 Å². The highest BCUT2D eigenvalue weighted by atomic mass is 35.5. The number of aromatic nitrogens is 3. The number of pyridine rings is 1. The third-order valence-corrected chi connectivity index (χ3v) is 7.85. The zero-order chi connectivity index (χ0) is 35.2. The van der Waals surface area contributed by atoms with Gasteiger partial charge in [0.05, 0.1) is 33.0 Å². The first kappa shape index (κ1) is 33.5. The SMILES string of the molecule is O=C(Cc1ccc([N+](=O)[O-])cc1Cl)c1cc(-c2ccccc2)nc2ccccc12.O=C(Nc1nnc(-c2ccco2)o1)c1cc(Cl)ccc1O. The molecule has 0 saturated heterocycles. The molecule has 3 aromatic heterocycles. The molecule has 0 unspecified atom stereocenters. The summed E-state index contributed by atoms with van der Waals surface area (Å²) < 4.78 is 10.3. The molecule has 2 N–H and O–H groups in total. The number of halogens is 2. The van der Waals surface area contributed by atoms with Crippen molar-refractivity contribution >= 4 is 57.5 Å². The van der Waals surface area contributed by atoms with Crippen LogP contribution in [-0.2, 0) is 6.42 Å². The molecule has 1 amide bonds. The van der Waals surface area contributed by atoms with E-state index in [1.54, 1.807) is 18.2 Å². The lowest BCUT2D eigenvalue weighted by Crippen LogP contribution is -2.12. The van der Waals surface area contributed by atoms with Gasteiger partial charge in [-0.1, -0.05) is 82.9 Å². The number of hydrogen-bond acceptors (Lipinski definition) is 10. The maximum atomic E-state index is 13.2. The molecule has 0 aliphatic heterocycles. The number of furan rings is 1. The van der Waals surface area contributed by atoms with Gasteiger partial charge in [-0.05, 0) is 48.0 Å². The zero-order valence-electron chi connectivity index (χ0n) is 25.6. The number of Topliss-reactive ketones (excluding diaryl/α,β-unsaturated/α-hetero) is 1. The van der Waals surface area contributed by atoms with Crippen LogP contribution in [0.5, 0.6) is 5.75 Å². The van der Waals surface area contributed by atoms with Crippen LogP contribution in [-0.4, -0.2) is 36.9 Å². The Kier molecular flexibility index (Phi) is 9.93. The molecule has 0 fully saturated rings. The molecular weight excluding hydrogens is 685 g/mol. The summed E-state index contributed by atoms with van der Waals surface area (Å²) in [6.07, 6.45) is 1.50. The summed E-state index contributed by atoms with van der Waals surface area (Å²) in [5.41, 5.74) is 3.34. The normalized spacial score (nSPS) is 10.7. The smallest absolute Gasteiger partial charge is 0.322 e. The van der Waals surface area contributed by atoms with Gasteiger partial charge in [-0.3, -0.25) is 25.0 Å². The molecule has 7 aromatic rings. The highest BCUT2D eigenvalue weighted by Crippen LogP contribution is 2.29. The van der Waals surface area contributed by atoms with E-state index >= 15 is 0 Å². The predicted octanol–water partition coefficient (Wildman–Crippen LogP) is 8.83. The summed E-state index contributed by atoms with van der Waals surface area (Å²) in [4.78, 5) is 40.2. The first-order valence-corrected chi connectivity index (χ1v) is 15.5. The molecule has 0 radical (unpaired) electrons. The molecule has 0 aliphatic carbocycles. The third kappa shape index (κ3) is 7.67. The van der Waals surface area contributed by atoms with E-state index in [2.05, 4.69) is 15.5 Å². The highest BCUT2D eigenvalue weighted by Gasteiger charge is 2.19. The number of benzene rings is 4. The lowest BCUT2D eigenvalue weighted by molar-refractivity contribution is -0.384. The number of aromatic hydroxyl groups is 1. The van der Waals surface area contributed by atoms with Crippen LogP contribution in [0.3, 0.4) is 0 Å². The highest BCUT2D eigenvalue weighted by molar-refractivity contribution is 6.32. The Bertz CT molecular complexity index is 2350. The second kappa shape index (κ2) is 14.8. The molecule has 4 aromatic carbocycles. The minimum Gasteiger partial charge on any atom is -0.507 e. The number of nitrogens with zero attached hydrogens (tertiary/aromatic N) is 4. The maximum absolute atomic E-state index is 13.2. The number of phenols is 1. The quantitative estimate of drug-likeness (QED) is 0.0882. The molecule has 248 valence electrons. The second-order valence-corrected chi connectivity index (χ2v) is 11.4. The van der Waals surface area contributed by atoms with Gasteiger partial charge in [-0.25, -0.2) is 4.98 Å². The number of nitro benzene ring substituents is 1. The van der Waals surface area contributed by atoms with Crippen molar-refractivity contribution in [1.29, 1.82) is 0 Å². The molecule has 12 nitrogen and oxygen atoms in total. The van der Waals surface area contributed by atoms with Crippen LogP contribution in [0.15, 0.2) is 124 Å². The van der Waals surface area contributed by atoms with Gasteiger partial charge in [-0.15, -0.1) is 5.10 Å². The van der Waals surface area contributed by atoms with Gasteiger partial charge in [0, 0.05) is 40.1 Å². The number of hydrogen-bond donors (Lipinski definition) is 2. The van der Waals surface area contributed by atoms with E-state index in [0.29, 0.717) is 27.6 Å². The lowest BCUT2D eigenvalue weighted by atomic mass is 9.97. The Morgan fingerprint density at radius 1 is 0.860 bits per heavy atom. The number of para-hydroxylation sites is 1. The molecule has 0 aliphatic rings. The number of fused-ring (bicyclic) bond motifs is 1. The van der Waals surface area contributed by atoms with Crippen LogP contribution in [0, 0.1) is 10.1 Å². The number of ketones is 1. The van der Waals surface area contributed by atoms with Crippen molar-refractivity contribution in [2.45, 2.75) is 6.42 Å². The van der Waals surface area contributed by atoms with Crippen molar-refractivity contribution in [2.75, 3.05) is 5.32 Å². The van der Waals surface area contributed by atoms with Crippen molar-refractivity contribution in [1.82, 2.24) is 15.2 Å². The van der Waals surface area contributed by atoms with Gasteiger partial charge in [0.1, 0.15) is 5.75 Å². The Hall–Kier alpha value is -6.37. The molecule has 14 heteroatoms. The van der Waals surface area contributed by atoms with Crippen molar-refractivity contribution in [2.24, 2.45) is 0 Å². The minimum absolute atomic E-state index is 0.000230. The number of carbonyl (C=O) groups is 2. The molecule has 0 spiro atoms. The van der Waals surface area contributed by atoms with Crippen LogP contribution in [0.1, 0.15) is 26.3 Å². The first-order valence-electron chi connectivity index (χ1n) is 14.7. The van der Waals surface area contributed by atoms with Gasteiger partial charge in [-0.2, -0.15) is 0 Å². The number of non-ortho nitro benzene ring substituents is 1. The average molecular weight is 709 g/mol. The molecule has 0 bridgehead atoms. The lowest BCUT2D eigenvalue weighted by Gasteiger charge is -2.10. The fourth-order valence-corrected chi connectivity index (χ4v) is 5.27. The monoisotopic (exact) mass is 707 g/mol. The van der Waals surface area contributed by atoms with Crippen molar-refractivity contribution in [3.05, 3.63) is 152 Å². The van der Waals surface area contributed by atoms with E-state index in [9.17, 15) is 24.8 Å². The van der Waals surface area contributed by atoms with E-state index in [4.69, 9.17) is 37.0 Å². The van der Waals surface area contributed by atoms with Crippen molar-refractivity contribution < 1.29 is 28.5 Å². The number of rotatable bonds is 8. The van der Waals surface area contributed by atoms with Gasteiger partial charge < -0.3 is 13.9 Å². The summed E-state index contributed by atoms with van der Waals surface area (Å²) in [6, 6.07) is 30.4. The van der Waals surface area contributed by atoms with Crippen LogP contribution in [0.2, 0.25) is 10.0 Å². The van der Waals surface area contributed by atoms with Crippen molar-refractivity contribution in [3.8, 4) is 28.7 Å². The Balaban J connectivity index is 0.000000182. The number of phenolic OH excluding ortho intramolecular Hbond substituents is 1. The van der Waals surface area contributed by atoms with Gasteiger partial charge in [0.15, 0.2) is 11.5 Å². The second-order valence-electron chi connectivity index (χ2n) is 10.6. The summed E-state index contributed by atoms with van der Waals surface area (Å²) in [5.74, 6) is -0.442. The number of nitrogens with one attached hydrogen (secondary N) is 1. The van der Waals surface area contributed by atoms with Crippen LogP contribution < -0.4 is 5.32 Å². The number of amides is 1. The number of carbonyl (C=O) groups excluding carboxylic acids is 2. The van der Waals surface area contributed by atoms with Gasteiger partial charge in [0.2, 0.25) is 0 Å². The molecule has 0 atom stereocenters. The van der Waals surface area contributed by atoms with E-state index in [1.165, 1.54) is 42.7 Å². The standard InChI is InChI=1S/C23H15ClN2O3.C13H8ClN3O4/c24-20-13-17(26(28)29)11-10-16(20)12-23(27)19-14-22(15-6-2-1-3-7-15)25-21-9-5-4-8-18(19)21;14-7-3-4-9(18)8(6-7)11(19)15-13-17-16-12(21-13)10-2-1-5-20-10/h1-11,13-14H,12H2;1-6,18H,(H,15,17,19). The predicted molar refractivity (Wildman–Crippen MR) is 186 cm³/mol. The minimum atomic E-state index is -0.621. The van der Waals surface area contributed by atoms with Crippen LogP contribution in [0.25, 0.3) is 33.8 Å². The fourth-order valence-electron chi connectivity index (χ4n) is 4.85. The van der Waals surface area contributed by atoms with E-state index < -0.39 is 10.8 Å². The maximum Gasteiger partial charge on any atom is 0.322 e. The van der Waals surface area contributed by atoms with Gasteiger partial charge >= 0.3 is 6.01 Å². The average Bonchev–Trinajstić information content (AvgIpc) is 3.83. The molecule has 0 saturated carbocycles. The first-order chi connectivity index (χ1) is 24.2. The molecule has 3 heterocycles. The molecule has 7 rings (SSSR count). The number of anilines is 1. The zero-order valence-corrected chi connectivity index (χ0v) is 27.1. The summed E-state index contributed by atoms with van der Waals surface area (Å²) >= 11 is 12.0. The summed E-state index contributed by atoms with van der Waals surface area (Å²) in [7, 11) is 0. The Morgan fingerprint density at radius 2 is 1.64 bits per heavy atom. The fraction of sp³-hybridized carbons (Fsp3) is 0.0278. The number of nitro groups is 1. The Labute approximate surface area is 293 Å². The topological polar surface area (TPSA) is 174 Å².